The van der Waals surface area contributed by atoms with E-state index in [0.29, 0.717) is 12.0 Å². The number of nitrogens with one attached hydrogen (secondary N) is 2. The molecule has 0 aromatic heterocycles. The van der Waals surface area contributed by atoms with Crippen LogP contribution in [0.25, 0.3) is 0 Å². The van der Waals surface area contributed by atoms with Gasteiger partial charge < -0.3 is 10.2 Å². The topological polar surface area (TPSA) is 39.1 Å². The molecule has 1 aliphatic heterocycles. The maximum absolute atomic E-state index is 13.0. The SMILES string of the molecule is CC1CNC(=N)N1CCc1cccc(F)c1. The molecule has 0 aliphatic carbocycles. The van der Waals surface area contributed by atoms with Gasteiger partial charge in [0.2, 0.25) is 0 Å². The first-order valence-corrected chi connectivity index (χ1v) is 5.50. The molecule has 2 N–H and O–H groups in total. The Morgan fingerprint density at radius 2 is 2.38 bits per heavy atom. The molecule has 16 heavy (non-hydrogen) atoms. The third kappa shape index (κ3) is 2.32. The lowest BCUT2D eigenvalue weighted by atomic mass is 10.1. The van der Waals surface area contributed by atoms with E-state index in [4.69, 9.17) is 5.41 Å². The molecule has 1 aliphatic rings. The minimum atomic E-state index is -0.194. The minimum absolute atomic E-state index is 0.194. The molecular formula is C12H16FN3. The second kappa shape index (κ2) is 4.51. The normalized spacial score (nSPS) is 20.0. The molecule has 0 spiro atoms. The first-order valence-electron chi connectivity index (χ1n) is 5.50. The lowest BCUT2D eigenvalue weighted by Crippen LogP contribution is -2.34. The van der Waals surface area contributed by atoms with Crippen molar-refractivity contribution >= 4 is 5.96 Å². The summed E-state index contributed by atoms with van der Waals surface area (Å²) >= 11 is 0. The van der Waals surface area contributed by atoms with Crippen molar-refractivity contribution in [1.29, 1.82) is 5.41 Å². The van der Waals surface area contributed by atoms with Crippen molar-refractivity contribution < 1.29 is 4.39 Å². The molecule has 4 heteroatoms. The molecule has 3 nitrogen and oxygen atoms in total. The lowest BCUT2D eigenvalue weighted by Gasteiger charge is -2.21. The van der Waals surface area contributed by atoms with Crippen molar-refractivity contribution in [2.24, 2.45) is 0 Å². The number of rotatable bonds is 3. The van der Waals surface area contributed by atoms with Crippen molar-refractivity contribution in [3.05, 3.63) is 35.6 Å². The number of hydrogen-bond donors (Lipinski definition) is 2. The molecule has 86 valence electrons. The predicted molar refractivity (Wildman–Crippen MR) is 62.0 cm³/mol. The predicted octanol–water partition coefficient (Wildman–Crippen LogP) is 1.60. The van der Waals surface area contributed by atoms with Gasteiger partial charge in [0.1, 0.15) is 5.82 Å². The van der Waals surface area contributed by atoms with Crippen LogP contribution in [-0.2, 0) is 6.42 Å². The van der Waals surface area contributed by atoms with E-state index in [2.05, 4.69) is 12.2 Å². The van der Waals surface area contributed by atoms with Gasteiger partial charge in [-0.2, -0.15) is 0 Å². The average molecular weight is 221 g/mol. The van der Waals surface area contributed by atoms with E-state index in [-0.39, 0.29) is 5.82 Å². The Labute approximate surface area is 94.8 Å². The summed E-state index contributed by atoms with van der Waals surface area (Å²) in [7, 11) is 0. The summed E-state index contributed by atoms with van der Waals surface area (Å²) in [6.45, 7) is 3.67. The molecule has 0 amide bonds. The zero-order valence-corrected chi connectivity index (χ0v) is 9.33. The molecule has 2 rings (SSSR count). The highest BCUT2D eigenvalue weighted by atomic mass is 19.1. The van der Waals surface area contributed by atoms with Crippen molar-refractivity contribution in [3.63, 3.8) is 0 Å². The molecule has 1 atom stereocenters. The first-order chi connectivity index (χ1) is 7.66. The Morgan fingerprint density at radius 1 is 1.56 bits per heavy atom. The van der Waals surface area contributed by atoms with Gasteiger partial charge in [-0.1, -0.05) is 12.1 Å². The van der Waals surface area contributed by atoms with Crippen LogP contribution in [0.3, 0.4) is 0 Å². The van der Waals surface area contributed by atoms with Gasteiger partial charge in [-0.05, 0) is 31.0 Å². The van der Waals surface area contributed by atoms with Crippen molar-refractivity contribution in [2.75, 3.05) is 13.1 Å². The third-order valence-electron chi connectivity index (χ3n) is 2.91. The molecule has 1 heterocycles. The third-order valence-corrected chi connectivity index (χ3v) is 2.91. The van der Waals surface area contributed by atoms with Gasteiger partial charge in [-0.15, -0.1) is 0 Å². The van der Waals surface area contributed by atoms with E-state index < -0.39 is 0 Å². The molecule has 1 unspecified atom stereocenters. The molecular weight excluding hydrogens is 205 g/mol. The van der Waals surface area contributed by atoms with Crippen LogP contribution in [0.15, 0.2) is 24.3 Å². The first kappa shape index (κ1) is 10.9. The van der Waals surface area contributed by atoms with Gasteiger partial charge in [0.15, 0.2) is 5.96 Å². The van der Waals surface area contributed by atoms with Gasteiger partial charge in [-0.25, -0.2) is 4.39 Å². The van der Waals surface area contributed by atoms with Crippen LogP contribution in [0.4, 0.5) is 4.39 Å². The van der Waals surface area contributed by atoms with Crippen LogP contribution in [0.2, 0.25) is 0 Å². The van der Waals surface area contributed by atoms with E-state index >= 15 is 0 Å². The molecule has 1 aromatic rings. The largest absolute Gasteiger partial charge is 0.354 e. The maximum atomic E-state index is 13.0. The number of nitrogens with zero attached hydrogens (tertiary/aromatic N) is 1. The fourth-order valence-electron chi connectivity index (χ4n) is 1.95. The zero-order chi connectivity index (χ0) is 11.5. The Morgan fingerprint density at radius 3 is 3.00 bits per heavy atom. The van der Waals surface area contributed by atoms with E-state index in [1.54, 1.807) is 12.1 Å². The second-order valence-corrected chi connectivity index (χ2v) is 4.15. The van der Waals surface area contributed by atoms with Crippen molar-refractivity contribution in [1.82, 2.24) is 10.2 Å². The Hall–Kier alpha value is -1.58. The van der Waals surface area contributed by atoms with Gasteiger partial charge >= 0.3 is 0 Å². The van der Waals surface area contributed by atoms with E-state index in [0.717, 1.165) is 25.1 Å². The lowest BCUT2D eigenvalue weighted by molar-refractivity contribution is 0.371. The number of halogens is 1. The molecule has 0 radical (unpaired) electrons. The quantitative estimate of drug-likeness (QED) is 0.813. The molecule has 0 saturated carbocycles. The Bertz CT molecular complexity index is 392. The van der Waals surface area contributed by atoms with Crippen molar-refractivity contribution in [3.8, 4) is 0 Å². The van der Waals surface area contributed by atoms with Gasteiger partial charge in [0, 0.05) is 19.1 Å². The monoisotopic (exact) mass is 221 g/mol. The fraction of sp³-hybridized carbons (Fsp3) is 0.417. The zero-order valence-electron chi connectivity index (χ0n) is 9.33. The molecule has 1 aromatic carbocycles. The van der Waals surface area contributed by atoms with Gasteiger partial charge in [-0.3, -0.25) is 5.41 Å². The van der Waals surface area contributed by atoms with Crippen LogP contribution in [0.5, 0.6) is 0 Å². The highest BCUT2D eigenvalue weighted by Gasteiger charge is 2.23. The number of guanidine groups is 1. The summed E-state index contributed by atoms with van der Waals surface area (Å²) in [5, 5.41) is 10.7. The number of hydrogen-bond acceptors (Lipinski definition) is 1. The molecule has 1 saturated heterocycles. The van der Waals surface area contributed by atoms with E-state index in [9.17, 15) is 4.39 Å². The van der Waals surface area contributed by atoms with E-state index in [1.807, 2.05) is 11.0 Å². The fourth-order valence-corrected chi connectivity index (χ4v) is 1.95. The van der Waals surface area contributed by atoms with Gasteiger partial charge in [0.05, 0.1) is 0 Å². The minimum Gasteiger partial charge on any atom is -0.354 e. The highest BCUT2D eigenvalue weighted by Crippen LogP contribution is 2.09. The Balaban J connectivity index is 1.94. The summed E-state index contributed by atoms with van der Waals surface area (Å²) < 4.78 is 13.0. The van der Waals surface area contributed by atoms with Crippen LogP contribution >= 0.6 is 0 Å². The van der Waals surface area contributed by atoms with Crippen LogP contribution < -0.4 is 5.32 Å². The van der Waals surface area contributed by atoms with Crippen molar-refractivity contribution in [2.45, 2.75) is 19.4 Å². The van der Waals surface area contributed by atoms with Crippen LogP contribution in [-0.4, -0.2) is 30.0 Å². The Kier molecular flexibility index (Phi) is 3.08. The highest BCUT2D eigenvalue weighted by molar-refractivity contribution is 5.79. The van der Waals surface area contributed by atoms with Crippen LogP contribution in [0, 0.1) is 11.2 Å². The maximum Gasteiger partial charge on any atom is 0.191 e. The average Bonchev–Trinajstić information content (AvgIpc) is 2.56. The summed E-state index contributed by atoms with van der Waals surface area (Å²) in [6.07, 6.45) is 0.770. The molecule has 1 fully saturated rings. The standard InChI is InChI=1S/C12H16FN3/c1-9-8-15-12(14)16(9)6-5-10-3-2-4-11(13)7-10/h2-4,7,9H,5-6,8H2,1H3,(H2,14,15). The van der Waals surface area contributed by atoms with Gasteiger partial charge in [0.25, 0.3) is 0 Å². The smallest absolute Gasteiger partial charge is 0.191 e. The summed E-state index contributed by atoms with van der Waals surface area (Å²) in [4.78, 5) is 2.00. The number of benzene rings is 1. The van der Waals surface area contributed by atoms with Crippen LogP contribution in [0.1, 0.15) is 12.5 Å². The summed E-state index contributed by atoms with van der Waals surface area (Å²) in [5.74, 6) is 0.282. The second-order valence-electron chi connectivity index (χ2n) is 4.15. The van der Waals surface area contributed by atoms with E-state index in [1.165, 1.54) is 6.07 Å². The summed E-state index contributed by atoms with van der Waals surface area (Å²) in [6, 6.07) is 6.99. The summed E-state index contributed by atoms with van der Waals surface area (Å²) in [5.41, 5.74) is 0.979. The molecule has 0 bridgehead atoms.